The van der Waals surface area contributed by atoms with E-state index < -0.39 is 16.1 Å². The largest absolute Gasteiger partial charge is 0.508 e. The van der Waals surface area contributed by atoms with Gasteiger partial charge in [-0.15, -0.1) is 0 Å². The fourth-order valence-corrected chi connectivity index (χ4v) is 6.37. The van der Waals surface area contributed by atoms with E-state index in [1.165, 1.54) is 12.5 Å². The number of hydrogen-bond acceptors (Lipinski definition) is 8. The lowest BCUT2D eigenvalue weighted by Crippen LogP contribution is -2.36. The van der Waals surface area contributed by atoms with Gasteiger partial charge in [-0.1, -0.05) is 49.6 Å². The fourth-order valence-electron chi connectivity index (χ4n) is 5.00. The van der Waals surface area contributed by atoms with Gasteiger partial charge >= 0.3 is 0 Å². The molecule has 0 aromatic heterocycles. The molecule has 10 heteroatoms. The maximum absolute atomic E-state index is 12.8. The summed E-state index contributed by atoms with van der Waals surface area (Å²) in [5, 5.41) is 32.6. The first-order chi connectivity index (χ1) is 20.3. The summed E-state index contributed by atoms with van der Waals surface area (Å²) in [4.78, 5) is 0.269. The zero-order chi connectivity index (χ0) is 29.8. The van der Waals surface area contributed by atoms with Crippen LogP contribution in [0.2, 0.25) is 0 Å². The van der Waals surface area contributed by atoms with Crippen LogP contribution in [-0.2, 0) is 34.4 Å². The maximum Gasteiger partial charge on any atom is 0.240 e. The van der Waals surface area contributed by atoms with Gasteiger partial charge in [0.1, 0.15) is 18.1 Å². The molecule has 9 nitrogen and oxygen atoms in total. The van der Waals surface area contributed by atoms with Crippen LogP contribution in [0, 0.1) is 0 Å². The summed E-state index contributed by atoms with van der Waals surface area (Å²) < 4.78 is 39.9. The maximum atomic E-state index is 12.8. The lowest BCUT2D eigenvalue weighted by atomic mass is 9.96. The molecule has 1 saturated carbocycles. The van der Waals surface area contributed by atoms with Crippen LogP contribution in [0.25, 0.3) is 0 Å². The van der Waals surface area contributed by atoms with Gasteiger partial charge in [-0.3, -0.25) is 0 Å². The Hall–Kier alpha value is -2.99. The number of nitrogens with one attached hydrogen (secondary N) is 2. The van der Waals surface area contributed by atoms with E-state index >= 15 is 0 Å². The van der Waals surface area contributed by atoms with Crippen LogP contribution in [0.15, 0.2) is 71.6 Å². The first kappa shape index (κ1) is 31.9. The molecule has 4 rings (SSSR count). The van der Waals surface area contributed by atoms with Gasteiger partial charge in [-0.05, 0) is 78.9 Å². The summed E-state index contributed by atoms with van der Waals surface area (Å²) in [6.07, 6.45) is 5.12. The second-order valence-corrected chi connectivity index (χ2v) is 12.4. The van der Waals surface area contributed by atoms with E-state index in [9.17, 15) is 23.7 Å². The van der Waals surface area contributed by atoms with E-state index in [2.05, 4.69) is 10.0 Å². The number of benzene rings is 3. The quantitative estimate of drug-likeness (QED) is 0.156. The molecule has 0 amide bonds. The van der Waals surface area contributed by atoms with Crippen molar-refractivity contribution in [2.45, 2.75) is 68.8 Å². The molecule has 1 aliphatic rings. The summed E-state index contributed by atoms with van der Waals surface area (Å²) in [5.41, 5.74) is 2.95. The lowest BCUT2D eigenvalue weighted by Gasteiger charge is -2.22. The number of phenols is 1. The van der Waals surface area contributed by atoms with Crippen LogP contribution in [0.4, 0.5) is 0 Å². The normalized spacial score (nSPS) is 15.0. The molecule has 0 unspecified atom stereocenters. The molecule has 0 radical (unpaired) electrons. The third kappa shape index (κ3) is 9.79. The highest BCUT2D eigenvalue weighted by Crippen LogP contribution is 2.23. The van der Waals surface area contributed by atoms with E-state index in [0.29, 0.717) is 44.0 Å². The summed E-state index contributed by atoms with van der Waals surface area (Å²) in [6, 6.07) is 19.4. The summed E-state index contributed by atoms with van der Waals surface area (Å²) >= 11 is 0. The summed E-state index contributed by atoms with van der Waals surface area (Å²) in [6.45, 7) is 1.78. The second kappa shape index (κ2) is 16.0. The number of hydrogen-bond donors (Lipinski definition) is 5. The first-order valence-corrected chi connectivity index (χ1v) is 16.0. The van der Waals surface area contributed by atoms with Gasteiger partial charge < -0.3 is 30.1 Å². The van der Waals surface area contributed by atoms with Crippen molar-refractivity contribution in [2.75, 3.05) is 26.3 Å². The number of aliphatic hydroxyl groups is 2. The Morgan fingerprint density at radius 3 is 2.48 bits per heavy atom. The smallest absolute Gasteiger partial charge is 0.240 e. The molecule has 0 saturated heterocycles. The predicted molar refractivity (Wildman–Crippen MR) is 161 cm³/mol. The minimum Gasteiger partial charge on any atom is -0.508 e. The number of aromatic hydroxyl groups is 1. The molecule has 1 fully saturated rings. The van der Waals surface area contributed by atoms with Crippen LogP contribution in [0.5, 0.6) is 11.5 Å². The van der Waals surface area contributed by atoms with Crippen molar-refractivity contribution < 1.29 is 33.2 Å². The van der Waals surface area contributed by atoms with Crippen LogP contribution in [0.3, 0.4) is 0 Å². The predicted octanol–water partition coefficient (Wildman–Crippen LogP) is 3.96. The van der Waals surface area contributed by atoms with Crippen molar-refractivity contribution in [3.05, 3.63) is 89.0 Å². The van der Waals surface area contributed by atoms with Crippen LogP contribution < -0.4 is 14.8 Å². The fraction of sp³-hybridized carbons (Fsp3) is 0.438. The third-order valence-electron chi connectivity index (χ3n) is 7.41. The molecule has 0 spiro atoms. The van der Waals surface area contributed by atoms with Gasteiger partial charge in [0.25, 0.3) is 0 Å². The Bertz CT molecular complexity index is 1360. The standard InChI is InChI=1S/C32H42N2O7S/c35-22-27-20-26(11-14-31(27)36)32(37)21-33-16-15-24-9-12-29(13-10-24)41-18-17-40-23-25-5-4-8-30(19-25)42(38,39)34-28-6-2-1-3-7-28/h4-5,8-14,19-20,28,32-37H,1-3,6-7,15-18,21-23H2/t32-/m1/s1. The molecule has 42 heavy (non-hydrogen) atoms. The molecule has 0 aliphatic heterocycles. The van der Waals surface area contributed by atoms with E-state index in [-0.39, 0.29) is 23.3 Å². The van der Waals surface area contributed by atoms with Crippen molar-refractivity contribution in [3.8, 4) is 11.5 Å². The van der Waals surface area contributed by atoms with Crippen molar-refractivity contribution in [3.63, 3.8) is 0 Å². The molecular formula is C32H42N2O7S. The van der Waals surface area contributed by atoms with E-state index in [4.69, 9.17) is 9.47 Å². The molecular weight excluding hydrogens is 556 g/mol. The topological polar surface area (TPSA) is 137 Å². The van der Waals surface area contributed by atoms with Gasteiger partial charge in [0.15, 0.2) is 0 Å². The molecule has 0 heterocycles. The number of rotatable bonds is 16. The number of aliphatic hydroxyl groups excluding tert-OH is 2. The summed E-state index contributed by atoms with van der Waals surface area (Å²) in [5.74, 6) is 0.749. The average molecular weight is 599 g/mol. The highest BCUT2D eigenvalue weighted by atomic mass is 32.2. The van der Waals surface area contributed by atoms with Crippen LogP contribution >= 0.6 is 0 Å². The highest BCUT2D eigenvalue weighted by molar-refractivity contribution is 7.89. The molecule has 0 bridgehead atoms. The van der Waals surface area contributed by atoms with Gasteiger partial charge in [0.05, 0.1) is 30.8 Å². The van der Waals surface area contributed by atoms with Crippen molar-refractivity contribution in [1.29, 1.82) is 0 Å². The minimum atomic E-state index is -3.54. The number of ether oxygens (including phenoxy) is 2. The Balaban J connectivity index is 1.12. The van der Waals surface area contributed by atoms with Crippen molar-refractivity contribution >= 4 is 10.0 Å². The molecule has 228 valence electrons. The average Bonchev–Trinajstić information content (AvgIpc) is 3.00. The van der Waals surface area contributed by atoms with E-state index in [0.717, 1.165) is 49.0 Å². The first-order valence-electron chi connectivity index (χ1n) is 14.6. The Labute approximate surface area is 248 Å². The second-order valence-electron chi connectivity index (χ2n) is 10.7. The van der Waals surface area contributed by atoms with E-state index in [1.54, 1.807) is 30.3 Å². The SMILES string of the molecule is O=S(=O)(NC1CCCCC1)c1cccc(COCCOc2ccc(CCNC[C@@H](O)c3ccc(O)c(CO)c3)cc2)c1. The minimum absolute atomic E-state index is 0.0135. The zero-order valence-electron chi connectivity index (χ0n) is 23.9. The Morgan fingerprint density at radius 1 is 0.929 bits per heavy atom. The zero-order valence-corrected chi connectivity index (χ0v) is 24.7. The van der Waals surface area contributed by atoms with Crippen LogP contribution in [0.1, 0.15) is 60.5 Å². The highest BCUT2D eigenvalue weighted by Gasteiger charge is 2.22. The third-order valence-corrected chi connectivity index (χ3v) is 8.93. The van der Waals surface area contributed by atoms with E-state index in [1.807, 2.05) is 30.3 Å². The molecule has 3 aromatic rings. The monoisotopic (exact) mass is 598 g/mol. The van der Waals surface area contributed by atoms with Gasteiger partial charge in [-0.2, -0.15) is 0 Å². The van der Waals surface area contributed by atoms with Crippen molar-refractivity contribution in [1.82, 2.24) is 10.0 Å². The van der Waals surface area contributed by atoms with Gasteiger partial charge in [-0.25, -0.2) is 13.1 Å². The van der Waals surface area contributed by atoms with Crippen LogP contribution in [-0.4, -0.2) is 56.1 Å². The van der Waals surface area contributed by atoms with Crippen molar-refractivity contribution in [2.24, 2.45) is 0 Å². The number of sulfonamides is 1. The molecule has 1 atom stereocenters. The van der Waals surface area contributed by atoms with Gasteiger partial charge in [0, 0.05) is 18.2 Å². The lowest BCUT2D eigenvalue weighted by molar-refractivity contribution is 0.0888. The summed E-state index contributed by atoms with van der Waals surface area (Å²) in [7, 11) is -3.54. The molecule has 5 N–H and O–H groups in total. The Kier molecular flexibility index (Phi) is 12.2. The Morgan fingerprint density at radius 2 is 1.71 bits per heavy atom. The molecule has 3 aromatic carbocycles. The van der Waals surface area contributed by atoms with Gasteiger partial charge in [0.2, 0.25) is 10.0 Å². The molecule has 1 aliphatic carbocycles.